The van der Waals surface area contributed by atoms with Crippen LogP contribution in [0.3, 0.4) is 0 Å². The fourth-order valence-electron chi connectivity index (χ4n) is 3.14. The average molecular weight is 491 g/mol. The van der Waals surface area contributed by atoms with E-state index in [-0.39, 0.29) is 11.8 Å². The van der Waals surface area contributed by atoms with Gasteiger partial charge in [0.15, 0.2) is 0 Å². The molecule has 0 saturated heterocycles. The van der Waals surface area contributed by atoms with Gasteiger partial charge in [-0.3, -0.25) is 9.79 Å². The zero-order chi connectivity index (χ0) is 24.2. The second-order valence-corrected chi connectivity index (χ2v) is 8.63. The van der Waals surface area contributed by atoms with Gasteiger partial charge in [0.1, 0.15) is 12.0 Å². The molecular weight excluding hydrogens is 460 g/mol. The monoisotopic (exact) mass is 490 g/mol. The molecule has 0 unspecified atom stereocenters. The van der Waals surface area contributed by atoms with Crippen LogP contribution in [-0.2, 0) is 18.4 Å². The zero-order valence-electron chi connectivity index (χ0n) is 19.2. The highest BCUT2D eigenvalue weighted by Gasteiger charge is 2.20. The first-order chi connectivity index (χ1) is 15.9. The minimum atomic E-state index is -0.0794. The van der Waals surface area contributed by atoms with Crippen LogP contribution in [0.5, 0.6) is 0 Å². The number of aliphatic imine (C=N–C) groups is 1. The van der Waals surface area contributed by atoms with Gasteiger partial charge in [0.2, 0.25) is 0 Å². The molecule has 0 fully saturated rings. The van der Waals surface area contributed by atoms with Crippen molar-refractivity contribution in [2.24, 2.45) is 17.8 Å². The van der Waals surface area contributed by atoms with E-state index in [2.05, 4.69) is 19.9 Å². The molecule has 1 aromatic carbocycles. The Morgan fingerprint density at radius 1 is 1.36 bits per heavy atom. The molecule has 0 spiro atoms. The number of anilines is 1. The maximum Gasteiger partial charge on any atom is 0.268 e. The van der Waals surface area contributed by atoms with Gasteiger partial charge < -0.3 is 25.7 Å². The molecule has 1 amide bonds. The number of amides is 1. The van der Waals surface area contributed by atoms with E-state index >= 15 is 0 Å². The second-order valence-electron chi connectivity index (χ2n) is 7.18. The molecular formula is C23H31ClN6O2S. The third-order valence-corrected chi connectivity index (χ3v) is 6.28. The zero-order valence-corrected chi connectivity index (χ0v) is 20.7. The number of benzene rings is 1. The van der Waals surface area contributed by atoms with Gasteiger partial charge in [0.25, 0.3) is 5.91 Å². The van der Waals surface area contributed by atoms with E-state index in [0.717, 1.165) is 47.2 Å². The van der Waals surface area contributed by atoms with E-state index in [0.29, 0.717) is 18.5 Å². The molecule has 0 saturated carbocycles. The van der Waals surface area contributed by atoms with Crippen LogP contribution in [0.2, 0.25) is 0 Å². The Morgan fingerprint density at radius 3 is 2.79 bits per heavy atom. The van der Waals surface area contributed by atoms with Crippen molar-refractivity contribution >= 4 is 47.1 Å². The van der Waals surface area contributed by atoms with Crippen LogP contribution < -0.4 is 16.4 Å². The van der Waals surface area contributed by atoms with Crippen molar-refractivity contribution < 1.29 is 9.59 Å². The Labute approximate surface area is 204 Å². The number of rotatable bonds is 8. The number of alkyl halides is 1. The summed E-state index contributed by atoms with van der Waals surface area (Å²) in [6, 6.07) is 9.97. The normalized spacial score (nSPS) is 13.8. The summed E-state index contributed by atoms with van der Waals surface area (Å²) in [5.41, 5.74) is 10.3. The third-order valence-electron chi connectivity index (χ3n) is 4.97. The SMILES string of the molecule is CNc1cccc(CNC(=O)c2cc(SN3CCN=C(/C=C\N)C3)c(C)n2C)c1.O=CCCl. The Morgan fingerprint density at radius 2 is 2.12 bits per heavy atom. The van der Waals surface area contributed by atoms with Gasteiger partial charge in [0, 0.05) is 43.5 Å². The number of nitrogens with two attached hydrogens (primary N) is 1. The smallest absolute Gasteiger partial charge is 0.268 e. The summed E-state index contributed by atoms with van der Waals surface area (Å²) in [6.07, 6.45) is 4.00. The Balaban J connectivity index is 0.000000890. The summed E-state index contributed by atoms with van der Waals surface area (Å²) in [7, 11) is 3.81. The number of carbonyl (C=O) groups is 2. The van der Waals surface area contributed by atoms with Crippen LogP contribution in [-0.4, -0.2) is 59.3 Å². The molecule has 2 aromatic rings. The number of halogens is 1. The van der Waals surface area contributed by atoms with Crippen molar-refractivity contribution in [2.75, 3.05) is 37.9 Å². The molecule has 4 N–H and O–H groups in total. The highest BCUT2D eigenvalue weighted by atomic mass is 35.5. The molecule has 178 valence electrons. The van der Waals surface area contributed by atoms with Gasteiger partial charge in [-0.15, -0.1) is 11.6 Å². The van der Waals surface area contributed by atoms with E-state index in [1.165, 1.54) is 6.20 Å². The maximum atomic E-state index is 12.8. The number of carbonyl (C=O) groups excluding carboxylic acids is 2. The molecule has 8 nitrogen and oxygen atoms in total. The van der Waals surface area contributed by atoms with Crippen LogP contribution in [0.1, 0.15) is 21.7 Å². The minimum absolute atomic E-state index is 0.0794. The molecule has 33 heavy (non-hydrogen) atoms. The number of hydrogen-bond acceptors (Lipinski definition) is 7. The van der Waals surface area contributed by atoms with E-state index in [4.69, 9.17) is 22.1 Å². The number of nitrogens with zero attached hydrogens (tertiary/aromatic N) is 3. The van der Waals surface area contributed by atoms with Crippen LogP contribution >= 0.6 is 23.5 Å². The molecule has 1 aliphatic rings. The molecule has 1 aliphatic heterocycles. The number of aldehydes is 1. The Hall–Kier alpha value is -2.75. The lowest BCUT2D eigenvalue weighted by atomic mass is 10.2. The van der Waals surface area contributed by atoms with E-state index in [1.54, 1.807) is 11.9 Å². The van der Waals surface area contributed by atoms with Crippen molar-refractivity contribution in [3.63, 3.8) is 0 Å². The lowest BCUT2D eigenvalue weighted by Gasteiger charge is -2.24. The van der Waals surface area contributed by atoms with E-state index in [9.17, 15) is 4.79 Å². The Kier molecular flexibility index (Phi) is 11.0. The van der Waals surface area contributed by atoms with Crippen molar-refractivity contribution in [2.45, 2.75) is 18.4 Å². The first kappa shape index (κ1) is 26.5. The van der Waals surface area contributed by atoms with Crippen LogP contribution in [0.25, 0.3) is 0 Å². The number of aromatic nitrogens is 1. The standard InChI is InChI=1S/C21H28N6OS.C2H3ClO/c1-15-20(29-27-10-9-24-18(14-27)7-8-22)12-19(26(15)3)21(28)25-13-16-5-4-6-17(11-16)23-2;3-1-2-4/h4-8,11-12,23H,9-10,13-14,22H2,1-3H3,(H,25,28);2H,1H2/b8-7-;. The first-order valence-corrected chi connectivity index (χ1v) is 11.8. The van der Waals surface area contributed by atoms with Crippen molar-refractivity contribution in [3.05, 3.63) is 59.6 Å². The minimum Gasteiger partial charge on any atom is -0.405 e. The molecule has 10 heteroatoms. The molecule has 0 atom stereocenters. The predicted octanol–water partition coefficient (Wildman–Crippen LogP) is 2.97. The largest absolute Gasteiger partial charge is 0.405 e. The summed E-state index contributed by atoms with van der Waals surface area (Å²) in [5, 5.41) is 6.14. The number of hydrogen-bond donors (Lipinski definition) is 3. The van der Waals surface area contributed by atoms with E-state index < -0.39 is 0 Å². The molecule has 1 aromatic heterocycles. The van der Waals surface area contributed by atoms with Gasteiger partial charge >= 0.3 is 0 Å². The summed E-state index contributed by atoms with van der Waals surface area (Å²) in [4.78, 5) is 27.4. The molecule has 3 rings (SSSR count). The maximum absolute atomic E-state index is 12.8. The van der Waals surface area contributed by atoms with Gasteiger partial charge in [0.05, 0.1) is 24.7 Å². The number of nitrogens with one attached hydrogen (secondary N) is 2. The van der Waals surface area contributed by atoms with Gasteiger partial charge in [-0.2, -0.15) is 0 Å². The van der Waals surface area contributed by atoms with Gasteiger partial charge in [-0.1, -0.05) is 12.1 Å². The van der Waals surface area contributed by atoms with Gasteiger partial charge in [-0.25, -0.2) is 4.31 Å². The van der Waals surface area contributed by atoms with Crippen LogP contribution in [0.4, 0.5) is 5.69 Å². The summed E-state index contributed by atoms with van der Waals surface area (Å²) >= 11 is 6.48. The lowest BCUT2D eigenvalue weighted by Crippen LogP contribution is -2.30. The van der Waals surface area contributed by atoms with Crippen LogP contribution in [0.15, 0.2) is 52.5 Å². The topological polar surface area (TPSA) is 105 Å². The first-order valence-electron chi connectivity index (χ1n) is 10.5. The quantitative estimate of drug-likeness (QED) is 0.298. The van der Waals surface area contributed by atoms with Crippen molar-refractivity contribution in [3.8, 4) is 0 Å². The molecule has 2 heterocycles. The third kappa shape index (κ3) is 7.96. The highest BCUT2D eigenvalue weighted by molar-refractivity contribution is 7.97. The van der Waals surface area contributed by atoms with E-state index in [1.807, 2.05) is 62.0 Å². The molecule has 0 bridgehead atoms. The fraction of sp³-hybridized carbons (Fsp3) is 0.348. The summed E-state index contributed by atoms with van der Waals surface area (Å²) in [6.45, 7) is 4.87. The summed E-state index contributed by atoms with van der Waals surface area (Å²) in [5.74, 6) is 0.0317. The van der Waals surface area contributed by atoms with Crippen molar-refractivity contribution in [1.29, 1.82) is 0 Å². The summed E-state index contributed by atoms with van der Waals surface area (Å²) < 4.78 is 4.19. The predicted molar refractivity (Wildman–Crippen MR) is 137 cm³/mol. The second kappa shape index (κ2) is 13.7. The fourth-order valence-corrected chi connectivity index (χ4v) is 4.22. The van der Waals surface area contributed by atoms with Crippen LogP contribution in [0, 0.1) is 6.92 Å². The van der Waals surface area contributed by atoms with Crippen molar-refractivity contribution in [1.82, 2.24) is 14.2 Å². The molecule has 0 aliphatic carbocycles. The Bertz CT molecular complexity index is 1000. The average Bonchev–Trinajstić information content (AvgIpc) is 3.12. The highest BCUT2D eigenvalue weighted by Crippen LogP contribution is 2.29. The van der Waals surface area contributed by atoms with Gasteiger partial charge in [-0.05, 0) is 54.9 Å². The lowest BCUT2D eigenvalue weighted by molar-refractivity contribution is -0.105. The molecule has 0 radical (unpaired) electrons.